The fraction of sp³-hybridized carbons (Fsp3) is 0.167. The second kappa shape index (κ2) is 9.58. The van der Waals surface area contributed by atoms with Crippen LogP contribution in [0.2, 0.25) is 0 Å². The summed E-state index contributed by atoms with van der Waals surface area (Å²) < 4.78 is 29.4. The standard InChI is InChI=1S/C24H19BrCl2N2O3S/c1-15-7-13-19(14-8-15)33(31,32)29-21(22(30)17-9-11-18(25)12-10-17)20(28-24(29)23(26)27)16-5-3-2-4-6-16/h2-14,20-21,23H,1H3/t20-,21+/m1/s1. The molecule has 170 valence electrons. The van der Waals surface area contributed by atoms with E-state index in [4.69, 9.17) is 23.2 Å². The number of amidine groups is 1. The number of Topliss-reactive ketones (excluding diaryl/α,β-unsaturated/α-hetero) is 1. The third-order valence-corrected chi connectivity index (χ3v) is 8.08. The molecule has 0 aliphatic carbocycles. The first-order valence-electron chi connectivity index (χ1n) is 10.0. The quantitative estimate of drug-likeness (QED) is 0.274. The molecule has 0 saturated carbocycles. The van der Waals surface area contributed by atoms with Crippen LogP contribution >= 0.6 is 39.1 Å². The number of aliphatic imine (C=N–C) groups is 1. The molecule has 0 amide bonds. The Hall–Kier alpha value is -2.19. The highest BCUT2D eigenvalue weighted by molar-refractivity contribution is 9.10. The van der Waals surface area contributed by atoms with E-state index in [2.05, 4.69) is 20.9 Å². The first-order valence-corrected chi connectivity index (χ1v) is 13.1. The largest absolute Gasteiger partial charge is 0.292 e. The average molecular weight is 566 g/mol. The summed E-state index contributed by atoms with van der Waals surface area (Å²) in [6.45, 7) is 1.86. The number of nitrogens with zero attached hydrogens (tertiary/aromatic N) is 2. The lowest BCUT2D eigenvalue weighted by Crippen LogP contribution is -2.48. The van der Waals surface area contributed by atoms with Crippen LogP contribution in [0.3, 0.4) is 0 Å². The number of carbonyl (C=O) groups is 1. The molecule has 0 fully saturated rings. The minimum atomic E-state index is -4.20. The van der Waals surface area contributed by atoms with Gasteiger partial charge in [-0.15, -0.1) is 0 Å². The molecule has 1 heterocycles. The van der Waals surface area contributed by atoms with Crippen LogP contribution in [0.5, 0.6) is 0 Å². The van der Waals surface area contributed by atoms with Gasteiger partial charge in [-0.25, -0.2) is 12.7 Å². The summed E-state index contributed by atoms with van der Waals surface area (Å²) in [7, 11) is -4.20. The van der Waals surface area contributed by atoms with Gasteiger partial charge in [-0.05, 0) is 36.8 Å². The van der Waals surface area contributed by atoms with E-state index in [0.717, 1.165) is 14.3 Å². The van der Waals surface area contributed by atoms with Crippen LogP contribution in [0.1, 0.15) is 27.5 Å². The van der Waals surface area contributed by atoms with E-state index in [1.807, 2.05) is 25.1 Å². The molecule has 1 aliphatic rings. The number of alkyl halides is 2. The van der Waals surface area contributed by atoms with Crippen molar-refractivity contribution >= 4 is 60.8 Å². The van der Waals surface area contributed by atoms with Gasteiger partial charge in [0.25, 0.3) is 10.0 Å². The van der Waals surface area contributed by atoms with Crippen molar-refractivity contribution < 1.29 is 13.2 Å². The zero-order chi connectivity index (χ0) is 23.8. The van der Waals surface area contributed by atoms with Crippen molar-refractivity contribution in [1.82, 2.24) is 4.31 Å². The molecule has 2 atom stereocenters. The molecular weight excluding hydrogens is 547 g/mol. The third-order valence-electron chi connectivity index (χ3n) is 5.36. The molecule has 0 bridgehead atoms. The lowest BCUT2D eigenvalue weighted by atomic mass is 9.94. The lowest BCUT2D eigenvalue weighted by Gasteiger charge is -2.29. The Morgan fingerprint density at radius 2 is 1.58 bits per heavy atom. The smallest absolute Gasteiger partial charge is 0.266 e. The molecule has 5 nitrogen and oxygen atoms in total. The van der Waals surface area contributed by atoms with Gasteiger partial charge in [-0.1, -0.05) is 99.3 Å². The maximum absolute atomic E-state index is 13.8. The maximum atomic E-state index is 13.8. The van der Waals surface area contributed by atoms with E-state index in [0.29, 0.717) is 11.1 Å². The van der Waals surface area contributed by atoms with E-state index >= 15 is 0 Å². The van der Waals surface area contributed by atoms with E-state index < -0.39 is 32.7 Å². The molecule has 0 spiro atoms. The van der Waals surface area contributed by atoms with Crippen LogP contribution < -0.4 is 0 Å². The molecule has 1 aliphatic heterocycles. The molecule has 33 heavy (non-hydrogen) atoms. The van der Waals surface area contributed by atoms with Crippen molar-refractivity contribution in [2.24, 2.45) is 4.99 Å². The highest BCUT2D eigenvalue weighted by atomic mass is 79.9. The number of hydrogen-bond donors (Lipinski definition) is 0. The zero-order valence-corrected chi connectivity index (χ0v) is 21.3. The fourth-order valence-electron chi connectivity index (χ4n) is 3.73. The molecule has 0 N–H and O–H groups in total. The van der Waals surface area contributed by atoms with E-state index in [1.54, 1.807) is 48.5 Å². The van der Waals surface area contributed by atoms with Crippen LogP contribution in [-0.2, 0) is 10.0 Å². The molecule has 3 aromatic rings. The van der Waals surface area contributed by atoms with Gasteiger partial charge < -0.3 is 0 Å². The second-order valence-electron chi connectivity index (χ2n) is 7.57. The van der Waals surface area contributed by atoms with Crippen molar-refractivity contribution in [1.29, 1.82) is 0 Å². The monoisotopic (exact) mass is 564 g/mol. The summed E-state index contributed by atoms with van der Waals surface area (Å²) in [4.78, 5) is 17.1. The minimum Gasteiger partial charge on any atom is -0.292 e. The van der Waals surface area contributed by atoms with Crippen LogP contribution in [-0.4, -0.2) is 35.2 Å². The highest BCUT2D eigenvalue weighted by Crippen LogP contribution is 2.39. The number of aryl methyl sites for hydroxylation is 1. The molecule has 3 aromatic carbocycles. The van der Waals surface area contributed by atoms with Crippen LogP contribution in [0.15, 0.2) is 93.2 Å². The molecule has 0 aromatic heterocycles. The summed E-state index contributed by atoms with van der Waals surface area (Å²) in [6, 6.07) is 20.2. The summed E-state index contributed by atoms with van der Waals surface area (Å²) in [5.41, 5.74) is 1.94. The molecular formula is C24H19BrCl2N2O3S. The van der Waals surface area contributed by atoms with Gasteiger partial charge in [0.2, 0.25) is 0 Å². The SMILES string of the molecule is Cc1ccc(S(=O)(=O)N2C(C(Cl)Cl)=N[C@H](c3ccccc3)[C@H]2C(=O)c2ccc(Br)cc2)cc1. The van der Waals surface area contributed by atoms with Gasteiger partial charge in [0, 0.05) is 10.0 Å². The number of benzene rings is 3. The van der Waals surface area contributed by atoms with Gasteiger partial charge in [-0.2, -0.15) is 0 Å². The van der Waals surface area contributed by atoms with Gasteiger partial charge in [0.15, 0.2) is 10.6 Å². The van der Waals surface area contributed by atoms with Crippen LogP contribution in [0, 0.1) is 6.92 Å². The van der Waals surface area contributed by atoms with E-state index in [1.165, 1.54) is 12.1 Å². The fourth-order valence-corrected chi connectivity index (χ4v) is 6.05. The first-order chi connectivity index (χ1) is 15.7. The Balaban J connectivity index is 1.90. The van der Waals surface area contributed by atoms with Crippen molar-refractivity contribution in [3.63, 3.8) is 0 Å². The minimum absolute atomic E-state index is 0.0251. The average Bonchev–Trinajstić information content (AvgIpc) is 3.22. The van der Waals surface area contributed by atoms with Crippen molar-refractivity contribution in [3.8, 4) is 0 Å². The van der Waals surface area contributed by atoms with Gasteiger partial charge >= 0.3 is 0 Å². The van der Waals surface area contributed by atoms with Gasteiger partial charge in [0.1, 0.15) is 17.9 Å². The number of rotatable bonds is 6. The van der Waals surface area contributed by atoms with Gasteiger partial charge in [-0.3, -0.25) is 9.79 Å². The highest BCUT2D eigenvalue weighted by Gasteiger charge is 2.49. The maximum Gasteiger partial charge on any atom is 0.266 e. The van der Waals surface area contributed by atoms with E-state index in [-0.39, 0.29) is 10.7 Å². The Morgan fingerprint density at radius 3 is 2.15 bits per heavy atom. The normalized spacial score (nSPS) is 18.5. The Kier molecular flexibility index (Phi) is 6.96. The summed E-state index contributed by atoms with van der Waals surface area (Å²) in [5, 5.41) is 0. The third kappa shape index (κ3) is 4.73. The number of sulfonamides is 1. The van der Waals surface area contributed by atoms with Crippen LogP contribution in [0.25, 0.3) is 0 Å². The van der Waals surface area contributed by atoms with Crippen molar-refractivity contribution in [3.05, 3.63) is 100 Å². The topological polar surface area (TPSA) is 66.8 Å². The number of carbonyl (C=O) groups excluding carboxylic acids is 1. The molecule has 4 rings (SSSR count). The Bertz CT molecular complexity index is 1300. The van der Waals surface area contributed by atoms with Gasteiger partial charge in [0.05, 0.1) is 4.90 Å². The predicted molar refractivity (Wildman–Crippen MR) is 135 cm³/mol. The molecule has 9 heteroatoms. The number of halogens is 3. The Labute approximate surface area is 211 Å². The van der Waals surface area contributed by atoms with Crippen molar-refractivity contribution in [2.75, 3.05) is 0 Å². The molecule has 0 radical (unpaired) electrons. The molecule has 0 unspecified atom stereocenters. The van der Waals surface area contributed by atoms with Crippen LogP contribution in [0.4, 0.5) is 0 Å². The predicted octanol–water partition coefficient (Wildman–Crippen LogP) is 5.96. The second-order valence-corrected chi connectivity index (χ2v) is 11.4. The summed E-state index contributed by atoms with van der Waals surface area (Å²) in [6.07, 6.45) is 0. The molecule has 0 saturated heterocycles. The lowest BCUT2D eigenvalue weighted by molar-refractivity contribution is 0.0915. The van der Waals surface area contributed by atoms with E-state index in [9.17, 15) is 13.2 Å². The summed E-state index contributed by atoms with van der Waals surface area (Å²) >= 11 is 15.8. The number of hydrogen-bond acceptors (Lipinski definition) is 4. The van der Waals surface area contributed by atoms with Crippen molar-refractivity contribution in [2.45, 2.75) is 28.7 Å². The number of ketones is 1. The Morgan fingerprint density at radius 1 is 0.970 bits per heavy atom. The summed E-state index contributed by atoms with van der Waals surface area (Å²) in [5.74, 6) is -0.483. The first kappa shape index (κ1) is 24.0. The zero-order valence-electron chi connectivity index (χ0n) is 17.4.